The molecule has 334 valence electrons. The molecule has 0 saturated heterocycles. The molecule has 0 aliphatic carbocycles. The summed E-state index contributed by atoms with van der Waals surface area (Å²) in [6.45, 7) is 18.6. The number of carbonyl (C=O) groups excluding carboxylic acids is 1. The minimum Gasteiger partial charge on any atom is -0.460 e. The number of hydrogen-bond acceptors (Lipinski definition) is 11. The molecule has 0 aliphatic rings. The van der Waals surface area contributed by atoms with Gasteiger partial charge in [-0.25, -0.2) is 4.79 Å². The SMILES string of the molecule is CCOCC.CCc1ccncc1-c1ccc(CN)o1.CCc1ccncc1-c1ccc(CN)o1.CCc1ccncc1-c1ccc(CNC(=O)OC(C)(C)C)o1.Cl.ClCCl. The summed E-state index contributed by atoms with van der Waals surface area (Å²) in [5.74, 6) is 4.73. The lowest BCUT2D eigenvalue weighted by Crippen LogP contribution is -2.32. The zero-order valence-corrected chi connectivity index (χ0v) is 39.0. The van der Waals surface area contributed by atoms with E-state index in [2.05, 4.69) is 41.0 Å². The molecule has 0 aliphatic heterocycles. The van der Waals surface area contributed by atoms with Gasteiger partial charge < -0.3 is 39.5 Å². The van der Waals surface area contributed by atoms with Gasteiger partial charge in [0.05, 0.1) is 25.0 Å². The Bertz CT molecular complexity index is 1990. The summed E-state index contributed by atoms with van der Waals surface area (Å²) in [6.07, 6.45) is 13.2. The van der Waals surface area contributed by atoms with E-state index in [0.29, 0.717) is 18.8 Å². The quantitative estimate of drug-likeness (QED) is 0.0996. The summed E-state index contributed by atoms with van der Waals surface area (Å²) >= 11 is 9.53. The summed E-state index contributed by atoms with van der Waals surface area (Å²) in [5.41, 5.74) is 17.2. The van der Waals surface area contributed by atoms with Gasteiger partial charge in [-0.3, -0.25) is 15.0 Å². The van der Waals surface area contributed by atoms with E-state index in [9.17, 15) is 4.79 Å². The Morgan fingerprint density at radius 1 is 0.623 bits per heavy atom. The van der Waals surface area contributed by atoms with E-state index >= 15 is 0 Å². The van der Waals surface area contributed by atoms with Crippen LogP contribution in [0.25, 0.3) is 34.0 Å². The number of alkyl carbamates (subject to hydrolysis) is 1. The van der Waals surface area contributed by atoms with E-state index in [1.54, 1.807) is 24.8 Å². The minimum absolute atomic E-state index is 0. The predicted octanol–water partition coefficient (Wildman–Crippen LogP) is 11.5. The molecule has 0 radical (unpaired) electrons. The van der Waals surface area contributed by atoms with Crippen molar-refractivity contribution < 1.29 is 27.5 Å². The molecule has 6 heterocycles. The van der Waals surface area contributed by atoms with Crippen molar-refractivity contribution in [3.05, 3.63) is 126 Å². The Balaban J connectivity index is 0.000000424. The number of alkyl halides is 2. The first kappa shape index (κ1) is 54.3. The van der Waals surface area contributed by atoms with Crippen LogP contribution in [-0.2, 0) is 48.4 Å². The lowest BCUT2D eigenvalue weighted by molar-refractivity contribution is 0.0520. The third-order valence-corrected chi connectivity index (χ3v) is 8.27. The number of amides is 1. The molecule has 0 aromatic carbocycles. The van der Waals surface area contributed by atoms with Gasteiger partial charge in [0.25, 0.3) is 0 Å². The van der Waals surface area contributed by atoms with Gasteiger partial charge in [0.2, 0.25) is 0 Å². The van der Waals surface area contributed by atoms with Gasteiger partial charge in [-0.1, -0.05) is 20.8 Å². The van der Waals surface area contributed by atoms with Crippen LogP contribution < -0.4 is 16.8 Å². The largest absolute Gasteiger partial charge is 0.460 e. The first-order valence-electron chi connectivity index (χ1n) is 20.0. The smallest absolute Gasteiger partial charge is 0.408 e. The molecule has 0 atom stereocenters. The molecular weight excluding hydrogens is 839 g/mol. The number of aromatic nitrogens is 3. The molecule has 6 rings (SSSR count). The summed E-state index contributed by atoms with van der Waals surface area (Å²) in [6, 6.07) is 17.4. The van der Waals surface area contributed by atoms with Gasteiger partial charge in [-0.2, -0.15) is 0 Å². The first-order chi connectivity index (χ1) is 28.9. The van der Waals surface area contributed by atoms with E-state index in [-0.39, 0.29) is 24.3 Å². The fourth-order valence-corrected chi connectivity index (χ4v) is 5.42. The van der Waals surface area contributed by atoms with Crippen molar-refractivity contribution in [2.24, 2.45) is 11.5 Å². The first-order valence-corrected chi connectivity index (χ1v) is 21.1. The maximum absolute atomic E-state index is 11.6. The Kier molecular flexibility index (Phi) is 27.0. The Morgan fingerprint density at radius 3 is 1.25 bits per heavy atom. The average Bonchev–Trinajstić information content (AvgIpc) is 4.06. The van der Waals surface area contributed by atoms with E-state index < -0.39 is 11.7 Å². The molecule has 6 aromatic heterocycles. The fraction of sp³-hybridized carbons (Fsp3) is 0.391. The third kappa shape index (κ3) is 19.7. The van der Waals surface area contributed by atoms with Gasteiger partial charge >= 0.3 is 6.09 Å². The summed E-state index contributed by atoms with van der Waals surface area (Å²) in [7, 11) is 0. The van der Waals surface area contributed by atoms with Crippen LogP contribution in [0.2, 0.25) is 0 Å². The van der Waals surface area contributed by atoms with Crippen molar-refractivity contribution in [1.29, 1.82) is 0 Å². The number of aryl methyl sites for hydroxylation is 3. The number of ether oxygens (including phenoxy) is 2. The number of nitrogens with two attached hydrogens (primary N) is 2. The lowest BCUT2D eigenvalue weighted by atomic mass is 10.1. The summed E-state index contributed by atoms with van der Waals surface area (Å²) < 4.78 is 27.0. The van der Waals surface area contributed by atoms with Crippen LogP contribution in [0.1, 0.15) is 89.4 Å². The molecule has 0 fully saturated rings. The number of furan rings is 3. The van der Waals surface area contributed by atoms with E-state index in [1.165, 1.54) is 16.7 Å². The van der Waals surface area contributed by atoms with Crippen molar-refractivity contribution in [1.82, 2.24) is 20.3 Å². The lowest BCUT2D eigenvalue weighted by Gasteiger charge is -2.19. The van der Waals surface area contributed by atoms with Gasteiger partial charge in [-0.05, 0) is 125 Å². The highest BCUT2D eigenvalue weighted by Gasteiger charge is 2.17. The number of nitrogens with one attached hydrogen (secondary N) is 1. The van der Waals surface area contributed by atoms with Crippen LogP contribution >= 0.6 is 35.6 Å². The molecule has 61 heavy (non-hydrogen) atoms. The van der Waals surface area contributed by atoms with Crippen LogP contribution in [0.5, 0.6) is 0 Å². The number of carbonyl (C=O) groups is 1. The second-order valence-electron chi connectivity index (χ2n) is 13.6. The molecule has 1 amide bonds. The monoisotopic (exact) mass is 900 g/mol. The zero-order chi connectivity index (χ0) is 44.3. The van der Waals surface area contributed by atoms with Crippen LogP contribution in [-0.4, -0.2) is 45.2 Å². The van der Waals surface area contributed by atoms with E-state index in [4.69, 9.17) is 57.4 Å². The molecular formula is C46H63Cl3N6O6. The molecule has 0 saturated carbocycles. The molecule has 0 spiro atoms. The highest BCUT2D eigenvalue weighted by atomic mass is 35.5. The van der Waals surface area contributed by atoms with Crippen LogP contribution in [0.3, 0.4) is 0 Å². The fourth-order valence-electron chi connectivity index (χ4n) is 5.42. The highest BCUT2D eigenvalue weighted by Crippen LogP contribution is 2.27. The predicted molar refractivity (Wildman–Crippen MR) is 249 cm³/mol. The van der Waals surface area contributed by atoms with Gasteiger partial charge in [-0.15, -0.1) is 35.6 Å². The molecule has 12 nitrogen and oxygen atoms in total. The van der Waals surface area contributed by atoms with Gasteiger partial charge in [0, 0.05) is 67.1 Å². The number of nitrogens with zero attached hydrogens (tertiary/aromatic N) is 3. The number of pyridine rings is 3. The van der Waals surface area contributed by atoms with Gasteiger partial charge in [0.15, 0.2) is 0 Å². The molecule has 6 aromatic rings. The molecule has 15 heteroatoms. The van der Waals surface area contributed by atoms with Crippen molar-refractivity contribution in [3.8, 4) is 34.0 Å². The maximum atomic E-state index is 11.6. The molecule has 0 bridgehead atoms. The topological polar surface area (TPSA) is 178 Å². The number of hydrogen-bond donors (Lipinski definition) is 3. The Hall–Kier alpha value is -4.69. The van der Waals surface area contributed by atoms with Gasteiger partial charge in [0.1, 0.15) is 40.2 Å². The third-order valence-electron chi connectivity index (χ3n) is 8.27. The Morgan fingerprint density at radius 2 is 0.967 bits per heavy atom. The number of rotatable bonds is 12. The maximum Gasteiger partial charge on any atom is 0.408 e. The summed E-state index contributed by atoms with van der Waals surface area (Å²) in [5, 5.41) is 2.87. The second kappa shape index (κ2) is 30.4. The van der Waals surface area contributed by atoms with Crippen LogP contribution in [0.4, 0.5) is 4.79 Å². The van der Waals surface area contributed by atoms with Crippen molar-refractivity contribution in [3.63, 3.8) is 0 Å². The standard InChI is InChI=1S/C17H22N2O3.2C12H14N2O.C4H10O.CH2Cl2.ClH/c1-5-12-8-9-18-11-14(12)15-7-6-13(21-15)10-19-16(20)22-17(2,3)4;2*1-2-9-5-6-14-8-11(9)12-4-3-10(7-13)15-12;1-3-5-4-2;2-1-3;/h6-9,11H,5,10H2,1-4H3,(H,19,20);2*3-6,8H,2,7,13H2,1H3;3-4H2,1-2H3;1H2;1H. The average molecular weight is 902 g/mol. The number of halogens is 3. The van der Waals surface area contributed by atoms with Crippen LogP contribution in [0, 0.1) is 0 Å². The van der Waals surface area contributed by atoms with Crippen molar-refractivity contribution in [2.45, 2.75) is 99.9 Å². The Labute approximate surface area is 377 Å². The molecule has 0 unspecified atom stereocenters. The molecule has 5 N–H and O–H groups in total. The van der Waals surface area contributed by atoms with E-state index in [0.717, 1.165) is 78.0 Å². The van der Waals surface area contributed by atoms with Crippen molar-refractivity contribution in [2.75, 3.05) is 18.6 Å². The van der Waals surface area contributed by atoms with Crippen LogP contribution in [0.15, 0.2) is 105 Å². The van der Waals surface area contributed by atoms with Crippen molar-refractivity contribution >= 4 is 41.7 Å². The van der Waals surface area contributed by atoms with E-state index in [1.807, 2.05) is 102 Å². The normalized spacial score (nSPS) is 10.2. The highest BCUT2D eigenvalue weighted by molar-refractivity contribution is 6.40. The zero-order valence-electron chi connectivity index (χ0n) is 36.6. The summed E-state index contributed by atoms with van der Waals surface area (Å²) in [4.78, 5) is 24.0. The second-order valence-corrected chi connectivity index (χ2v) is 14.4. The minimum atomic E-state index is -0.510.